The van der Waals surface area contributed by atoms with E-state index in [0.29, 0.717) is 5.92 Å². The second-order valence-corrected chi connectivity index (χ2v) is 16.1. The molecule has 0 bridgehead atoms. The third-order valence-corrected chi connectivity index (χ3v) is 13.2. The summed E-state index contributed by atoms with van der Waals surface area (Å²) in [7, 11) is 0. The lowest BCUT2D eigenvalue weighted by atomic mass is 9.68. The first-order valence-electron chi connectivity index (χ1n) is 19.4. The number of nitrogens with zero attached hydrogens (tertiary/aromatic N) is 1. The zero-order valence-electron chi connectivity index (χ0n) is 30.9. The molecule has 0 aromatic heterocycles. The lowest BCUT2D eigenvalue weighted by Gasteiger charge is -2.41. The maximum Gasteiger partial charge on any atom is 0.0726 e. The average molecular weight is 692 g/mol. The molecule has 2 unspecified atom stereocenters. The Hall–Kier alpha value is -6.18. The summed E-state index contributed by atoms with van der Waals surface area (Å²) in [5.74, 6) is 0.633. The Morgan fingerprint density at radius 1 is 0.426 bits per heavy atom. The van der Waals surface area contributed by atoms with Crippen molar-refractivity contribution >= 4 is 16.9 Å². The van der Waals surface area contributed by atoms with Crippen molar-refractivity contribution in [3.8, 4) is 33.4 Å². The molecule has 1 heteroatoms. The zero-order chi connectivity index (χ0) is 36.2. The van der Waals surface area contributed by atoms with E-state index in [-0.39, 0.29) is 11.3 Å². The van der Waals surface area contributed by atoms with Crippen LogP contribution in [0.15, 0.2) is 188 Å². The zero-order valence-corrected chi connectivity index (χ0v) is 30.9. The van der Waals surface area contributed by atoms with Crippen LogP contribution in [0.4, 0.5) is 11.4 Å². The van der Waals surface area contributed by atoms with Crippen LogP contribution < -0.4 is 4.90 Å². The van der Waals surface area contributed by atoms with Gasteiger partial charge in [0.15, 0.2) is 0 Å². The van der Waals surface area contributed by atoms with Gasteiger partial charge in [0.25, 0.3) is 0 Å². The molecule has 1 nitrogen and oxygen atoms in total. The van der Waals surface area contributed by atoms with E-state index in [9.17, 15) is 0 Å². The lowest BCUT2D eigenvalue weighted by Crippen LogP contribution is -2.35. The van der Waals surface area contributed by atoms with Gasteiger partial charge in [-0.2, -0.15) is 0 Å². The van der Waals surface area contributed by atoms with Crippen LogP contribution in [0.25, 0.3) is 39.0 Å². The fourth-order valence-electron chi connectivity index (χ4n) is 11.0. The average Bonchev–Trinajstić information content (AvgIpc) is 3.78. The standard InChI is InChI=1S/C53H41N/c1-34-50(32-31-44-42-20-7-11-21-45(42)52(2,3)51(34)44)54(37-27-25-36(26-28-37)35-15-5-4-6-16-35)38-29-30-43-41-19-10-14-24-48(41)53(49(43)33-38)46-22-12-8-17-39(46)40-18-9-13-23-47(40)53/h4-34,51H,1-3H3. The third kappa shape index (κ3) is 4.10. The second kappa shape index (κ2) is 11.4. The molecular weight excluding hydrogens is 651 g/mol. The number of anilines is 2. The van der Waals surface area contributed by atoms with Gasteiger partial charge in [-0.1, -0.05) is 172 Å². The maximum absolute atomic E-state index is 2.56. The molecule has 54 heavy (non-hydrogen) atoms. The van der Waals surface area contributed by atoms with Gasteiger partial charge in [-0.15, -0.1) is 0 Å². The summed E-state index contributed by atoms with van der Waals surface area (Å²) in [4.78, 5) is 2.56. The second-order valence-electron chi connectivity index (χ2n) is 16.1. The Balaban J connectivity index is 1.14. The van der Waals surface area contributed by atoms with Crippen LogP contribution in [-0.2, 0) is 10.8 Å². The molecule has 1 spiro atoms. The molecule has 0 saturated carbocycles. The van der Waals surface area contributed by atoms with E-state index in [1.54, 1.807) is 0 Å². The molecule has 4 aliphatic carbocycles. The highest BCUT2D eigenvalue weighted by Gasteiger charge is 2.52. The number of benzene rings is 7. The van der Waals surface area contributed by atoms with E-state index >= 15 is 0 Å². The van der Waals surface area contributed by atoms with E-state index in [0.717, 1.165) is 0 Å². The molecule has 0 radical (unpaired) electrons. The fourth-order valence-corrected chi connectivity index (χ4v) is 11.0. The van der Waals surface area contributed by atoms with Gasteiger partial charge in [0, 0.05) is 28.9 Å². The molecular formula is C53H41N. The molecule has 0 aliphatic heterocycles. The normalized spacial score (nSPS) is 18.8. The van der Waals surface area contributed by atoms with Crippen LogP contribution in [0.3, 0.4) is 0 Å². The van der Waals surface area contributed by atoms with E-state index in [1.165, 1.54) is 89.4 Å². The Kier molecular flexibility index (Phi) is 6.62. The molecule has 0 amide bonds. The molecule has 0 saturated heterocycles. The first-order chi connectivity index (χ1) is 26.5. The van der Waals surface area contributed by atoms with E-state index in [1.807, 2.05) is 0 Å². The molecule has 0 N–H and O–H groups in total. The summed E-state index contributed by atoms with van der Waals surface area (Å²) in [6.45, 7) is 7.35. The predicted octanol–water partition coefficient (Wildman–Crippen LogP) is 13.4. The first-order valence-corrected chi connectivity index (χ1v) is 19.4. The Morgan fingerprint density at radius 3 is 1.52 bits per heavy atom. The molecule has 2 atom stereocenters. The maximum atomic E-state index is 2.56. The molecule has 0 heterocycles. The van der Waals surface area contributed by atoms with Gasteiger partial charge in [0.2, 0.25) is 0 Å². The third-order valence-electron chi connectivity index (χ3n) is 13.2. The van der Waals surface area contributed by atoms with Crippen molar-refractivity contribution in [2.75, 3.05) is 4.90 Å². The van der Waals surface area contributed by atoms with Crippen molar-refractivity contribution in [3.05, 3.63) is 221 Å². The van der Waals surface area contributed by atoms with Gasteiger partial charge >= 0.3 is 0 Å². The van der Waals surface area contributed by atoms with E-state index in [2.05, 4.69) is 208 Å². The minimum absolute atomic E-state index is 0.00506. The number of fused-ring (bicyclic) bond motifs is 13. The van der Waals surface area contributed by atoms with Crippen LogP contribution in [-0.4, -0.2) is 0 Å². The largest absolute Gasteiger partial charge is 0.314 e. The summed E-state index contributed by atoms with van der Waals surface area (Å²) in [5.41, 5.74) is 20.9. The van der Waals surface area contributed by atoms with Gasteiger partial charge < -0.3 is 4.90 Å². The summed E-state index contributed by atoms with van der Waals surface area (Å²) in [5, 5.41) is 0. The highest BCUT2D eigenvalue weighted by atomic mass is 15.2. The molecule has 258 valence electrons. The van der Waals surface area contributed by atoms with Crippen molar-refractivity contribution in [2.45, 2.75) is 31.6 Å². The summed E-state index contributed by atoms with van der Waals surface area (Å²) < 4.78 is 0. The van der Waals surface area contributed by atoms with Gasteiger partial charge in [-0.05, 0) is 108 Å². The van der Waals surface area contributed by atoms with Crippen molar-refractivity contribution in [1.82, 2.24) is 0 Å². The molecule has 0 fully saturated rings. The SMILES string of the molecule is CC1C(N(c2ccc(-c3ccccc3)cc2)c2ccc3c(c2)C2(c4ccccc4-c4ccccc42)c2ccccc2-3)=CC=C2c3ccccc3C(C)(C)C21. The molecule has 11 rings (SSSR count). The topological polar surface area (TPSA) is 3.24 Å². The fraction of sp³-hybridized carbons (Fsp3) is 0.132. The smallest absolute Gasteiger partial charge is 0.0726 e. The highest BCUT2D eigenvalue weighted by Crippen LogP contribution is 2.64. The van der Waals surface area contributed by atoms with Crippen LogP contribution in [0.2, 0.25) is 0 Å². The van der Waals surface area contributed by atoms with Crippen molar-refractivity contribution in [3.63, 3.8) is 0 Å². The Bertz CT molecular complexity index is 2640. The van der Waals surface area contributed by atoms with Gasteiger partial charge in [0.1, 0.15) is 0 Å². The van der Waals surface area contributed by atoms with Crippen LogP contribution in [0, 0.1) is 11.8 Å². The van der Waals surface area contributed by atoms with E-state index < -0.39 is 5.41 Å². The number of allylic oxidation sites excluding steroid dienone is 4. The first kappa shape index (κ1) is 31.4. The quantitative estimate of drug-likeness (QED) is 0.178. The lowest BCUT2D eigenvalue weighted by molar-refractivity contribution is 0.334. The van der Waals surface area contributed by atoms with Crippen LogP contribution in [0.5, 0.6) is 0 Å². The van der Waals surface area contributed by atoms with Crippen molar-refractivity contribution in [2.24, 2.45) is 11.8 Å². The van der Waals surface area contributed by atoms with Crippen LogP contribution in [0.1, 0.15) is 54.2 Å². The number of rotatable bonds is 4. The molecule has 7 aromatic carbocycles. The highest BCUT2D eigenvalue weighted by molar-refractivity contribution is 5.96. The Labute approximate surface area is 318 Å². The Morgan fingerprint density at radius 2 is 0.907 bits per heavy atom. The summed E-state index contributed by atoms with van der Waals surface area (Å²) in [6.07, 6.45) is 4.84. The minimum Gasteiger partial charge on any atom is -0.314 e. The number of hydrogen-bond acceptors (Lipinski definition) is 1. The molecule has 7 aromatic rings. The van der Waals surface area contributed by atoms with Gasteiger partial charge in [-0.3, -0.25) is 0 Å². The van der Waals surface area contributed by atoms with Gasteiger partial charge in [0.05, 0.1) is 5.41 Å². The van der Waals surface area contributed by atoms with Crippen molar-refractivity contribution in [1.29, 1.82) is 0 Å². The minimum atomic E-state index is -0.396. The monoisotopic (exact) mass is 691 g/mol. The summed E-state index contributed by atoms with van der Waals surface area (Å²) >= 11 is 0. The van der Waals surface area contributed by atoms with Crippen molar-refractivity contribution < 1.29 is 0 Å². The van der Waals surface area contributed by atoms with Gasteiger partial charge in [-0.25, -0.2) is 0 Å². The molecule has 4 aliphatic rings. The predicted molar refractivity (Wildman–Crippen MR) is 225 cm³/mol. The summed E-state index contributed by atoms with van der Waals surface area (Å²) in [6, 6.07) is 63.6. The van der Waals surface area contributed by atoms with Crippen LogP contribution >= 0.6 is 0 Å². The number of hydrogen-bond donors (Lipinski definition) is 0. The van der Waals surface area contributed by atoms with E-state index in [4.69, 9.17) is 0 Å².